The summed E-state index contributed by atoms with van der Waals surface area (Å²) in [5, 5.41) is 3.59. The van der Waals surface area contributed by atoms with Gasteiger partial charge in [0, 0.05) is 23.5 Å². The molecule has 0 spiro atoms. The fourth-order valence-corrected chi connectivity index (χ4v) is 5.53. The standard InChI is InChI=1S/C30H35Cl2N3O5S/c1-30(2,3)33-29(37)26(17-21-11-7-6-8-12-21)34(19-22-13-9-10-14-24(22)31)28(36)20-35(41(5,38)39)23-15-16-27(40-4)25(32)18-23/h6-16,18,26H,17,19-20H2,1-5H3,(H,33,37)/t26-/m0/s1. The molecule has 1 atom stereocenters. The van der Waals surface area contributed by atoms with Gasteiger partial charge in [-0.25, -0.2) is 8.42 Å². The first-order valence-corrected chi connectivity index (χ1v) is 15.5. The second-order valence-electron chi connectivity index (χ2n) is 10.6. The van der Waals surface area contributed by atoms with E-state index in [0.29, 0.717) is 16.3 Å². The molecule has 220 valence electrons. The fourth-order valence-electron chi connectivity index (χ4n) is 4.24. The lowest BCUT2D eigenvalue weighted by Gasteiger charge is -2.35. The number of sulfonamides is 1. The van der Waals surface area contributed by atoms with E-state index in [1.807, 2.05) is 51.1 Å². The van der Waals surface area contributed by atoms with Crippen molar-refractivity contribution in [3.05, 3.63) is 94.0 Å². The van der Waals surface area contributed by atoms with Crippen LogP contribution in [0.1, 0.15) is 31.9 Å². The van der Waals surface area contributed by atoms with Gasteiger partial charge in [0.05, 0.1) is 24.1 Å². The van der Waals surface area contributed by atoms with Crippen LogP contribution < -0.4 is 14.4 Å². The van der Waals surface area contributed by atoms with Gasteiger partial charge >= 0.3 is 0 Å². The summed E-state index contributed by atoms with van der Waals surface area (Å²) in [5.74, 6) is -0.607. The van der Waals surface area contributed by atoms with Crippen molar-refractivity contribution in [2.45, 2.75) is 45.3 Å². The summed E-state index contributed by atoms with van der Waals surface area (Å²) >= 11 is 12.8. The van der Waals surface area contributed by atoms with Gasteiger partial charge in [0.2, 0.25) is 21.8 Å². The van der Waals surface area contributed by atoms with E-state index in [2.05, 4.69) is 5.32 Å². The summed E-state index contributed by atoms with van der Waals surface area (Å²) in [6.45, 7) is 4.96. The lowest BCUT2D eigenvalue weighted by atomic mass is 10.0. The van der Waals surface area contributed by atoms with E-state index in [9.17, 15) is 18.0 Å². The van der Waals surface area contributed by atoms with Crippen LogP contribution in [0, 0.1) is 0 Å². The zero-order valence-corrected chi connectivity index (χ0v) is 26.1. The normalized spacial score (nSPS) is 12.4. The van der Waals surface area contributed by atoms with Crippen LogP contribution in [0.2, 0.25) is 10.0 Å². The van der Waals surface area contributed by atoms with Crippen molar-refractivity contribution in [3.8, 4) is 5.75 Å². The minimum Gasteiger partial charge on any atom is -0.495 e. The van der Waals surface area contributed by atoms with Crippen LogP contribution >= 0.6 is 23.2 Å². The molecular weight excluding hydrogens is 585 g/mol. The van der Waals surface area contributed by atoms with Gasteiger partial charge in [0.25, 0.3) is 0 Å². The summed E-state index contributed by atoms with van der Waals surface area (Å²) in [6.07, 6.45) is 1.21. The van der Waals surface area contributed by atoms with E-state index in [1.54, 1.807) is 24.3 Å². The number of hydrogen-bond acceptors (Lipinski definition) is 5. The molecule has 0 aliphatic rings. The van der Waals surface area contributed by atoms with Crippen molar-refractivity contribution in [1.29, 1.82) is 0 Å². The van der Waals surface area contributed by atoms with Crippen LogP contribution in [0.3, 0.4) is 0 Å². The van der Waals surface area contributed by atoms with Crippen LogP contribution in [0.25, 0.3) is 0 Å². The minimum absolute atomic E-state index is 0.0193. The molecule has 0 heterocycles. The van der Waals surface area contributed by atoms with Gasteiger partial charge in [0.15, 0.2) is 0 Å². The van der Waals surface area contributed by atoms with Gasteiger partial charge in [-0.3, -0.25) is 13.9 Å². The Morgan fingerprint density at radius 1 is 0.951 bits per heavy atom. The van der Waals surface area contributed by atoms with Crippen molar-refractivity contribution < 1.29 is 22.7 Å². The summed E-state index contributed by atoms with van der Waals surface area (Å²) in [6, 6.07) is 19.8. The highest BCUT2D eigenvalue weighted by Crippen LogP contribution is 2.30. The van der Waals surface area contributed by atoms with E-state index in [1.165, 1.54) is 30.2 Å². The Labute approximate surface area is 252 Å². The third kappa shape index (κ3) is 9.11. The number of carbonyl (C=O) groups excluding carboxylic acids is 2. The molecule has 0 unspecified atom stereocenters. The predicted octanol–water partition coefficient (Wildman–Crippen LogP) is 5.32. The lowest BCUT2D eigenvalue weighted by Crippen LogP contribution is -2.56. The Kier molecular flexibility index (Phi) is 10.7. The molecule has 0 aliphatic heterocycles. The monoisotopic (exact) mass is 619 g/mol. The SMILES string of the molecule is COc1ccc(N(CC(=O)N(Cc2ccccc2Cl)[C@@H](Cc2ccccc2)C(=O)NC(C)(C)C)S(C)(=O)=O)cc1Cl. The van der Waals surface area contributed by atoms with Gasteiger partial charge in [-0.1, -0.05) is 71.7 Å². The zero-order valence-electron chi connectivity index (χ0n) is 23.7. The molecule has 0 fully saturated rings. The molecule has 0 aromatic heterocycles. The summed E-state index contributed by atoms with van der Waals surface area (Å²) in [4.78, 5) is 29.3. The van der Waals surface area contributed by atoms with Crippen LogP contribution in [0.5, 0.6) is 5.75 Å². The smallest absolute Gasteiger partial charge is 0.244 e. The fraction of sp³-hybridized carbons (Fsp3) is 0.333. The molecule has 11 heteroatoms. The molecule has 3 aromatic rings. The Morgan fingerprint density at radius 2 is 1.59 bits per heavy atom. The Morgan fingerprint density at radius 3 is 2.15 bits per heavy atom. The first-order chi connectivity index (χ1) is 19.2. The Balaban J connectivity index is 2.09. The highest BCUT2D eigenvalue weighted by molar-refractivity contribution is 7.92. The molecule has 0 saturated heterocycles. The largest absolute Gasteiger partial charge is 0.495 e. The molecule has 1 N–H and O–H groups in total. The molecular formula is C30H35Cl2N3O5S. The summed E-state index contributed by atoms with van der Waals surface area (Å²) < 4.78 is 32.0. The molecule has 3 aromatic carbocycles. The van der Waals surface area contributed by atoms with E-state index in [0.717, 1.165) is 16.1 Å². The maximum atomic E-state index is 14.1. The third-order valence-corrected chi connectivity index (χ3v) is 7.98. The molecule has 0 radical (unpaired) electrons. The van der Waals surface area contributed by atoms with Gasteiger partial charge in [-0.15, -0.1) is 0 Å². The van der Waals surface area contributed by atoms with Gasteiger partial charge in [-0.2, -0.15) is 0 Å². The Hall–Kier alpha value is -3.27. The first kappa shape index (κ1) is 32.2. The maximum absolute atomic E-state index is 14.1. The number of anilines is 1. The highest BCUT2D eigenvalue weighted by Gasteiger charge is 2.34. The molecule has 0 saturated carbocycles. The number of ether oxygens (including phenoxy) is 1. The average Bonchev–Trinajstić information content (AvgIpc) is 2.89. The Bertz CT molecular complexity index is 1480. The second-order valence-corrected chi connectivity index (χ2v) is 13.4. The number of rotatable bonds is 11. The minimum atomic E-state index is -3.94. The van der Waals surface area contributed by atoms with Gasteiger partial charge < -0.3 is 15.0 Å². The van der Waals surface area contributed by atoms with Gasteiger partial charge in [0.1, 0.15) is 18.3 Å². The second kappa shape index (κ2) is 13.6. The average molecular weight is 621 g/mol. The van der Waals surface area contributed by atoms with Crippen molar-refractivity contribution >= 4 is 50.7 Å². The maximum Gasteiger partial charge on any atom is 0.244 e. The zero-order chi connectivity index (χ0) is 30.4. The van der Waals surface area contributed by atoms with E-state index in [4.69, 9.17) is 27.9 Å². The van der Waals surface area contributed by atoms with Crippen molar-refractivity contribution in [3.63, 3.8) is 0 Å². The third-order valence-electron chi connectivity index (χ3n) is 6.17. The quantitative estimate of drug-likeness (QED) is 0.313. The van der Waals surface area contributed by atoms with Crippen molar-refractivity contribution in [1.82, 2.24) is 10.2 Å². The lowest BCUT2D eigenvalue weighted by molar-refractivity contribution is -0.140. The van der Waals surface area contributed by atoms with Crippen LogP contribution in [0.4, 0.5) is 5.69 Å². The molecule has 8 nitrogen and oxygen atoms in total. The van der Waals surface area contributed by atoms with E-state index < -0.39 is 34.1 Å². The highest BCUT2D eigenvalue weighted by atomic mass is 35.5. The number of nitrogens with one attached hydrogen (secondary N) is 1. The van der Waals surface area contributed by atoms with E-state index >= 15 is 0 Å². The number of methoxy groups -OCH3 is 1. The summed E-state index contributed by atoms with van der Waals surface area (Å²) in [5.41, 5.74) is 1.05. The molecule has 0 aliphatic carbocycles. The number of carbonyl (C=O) groups is 2. The van der Waals surface area contributed by atoms with Gasteiger partial charge in [-0.05, 0) is 56.2 Å². The van der Waals surface area contributed by atoms with E-state index in [-0.39, 0.29) is 29.6 Å². The number of benzene rings is 3. The molecule has 2 amide bonds. The topological polar surface area (TPSA) is 96.0 Å². The molecule has 0 bridgehead atoms. The van der Waals surface area contributed by atoms with Crippen LogP contribution in [-0.2, 0) is 32.6 Å². The molecule has 41 heavy (non-hydrogen) atoms. The van der Waals surface area contributed by atoms with Crippen LogP contribution in [-0.4, -0.2) is 56.6 Å². The number of nitrogens with zero attached hydrogens (tertiary/aromatic N) is 2. The van der Waals surface area contributed by atoms with Crippen molar-refractivity contribution in [2.24, 2.45) is 0 Å². The van der Waals surface area contributed by atoms with Crippen molar-refractivity contribution in [2.75, 3.05) is 24.2 Å². The van der Waals surface area contributed by atoms with Crippen LogP contribution in [0.15, 0.2) is 72.8 Å². The number of amides is 2. The number of halogens is 2. The number of hydrogen-bond donors (Lipinski definition) is 1. The predicted molar refractivity (Wildman–Crippen MR) is 164 cm³/mol. The first-order valence-electron chi connectivity index (χ1n) is 12.9. The summed E-state index contributed by atoms with van der Waals surface area (Å²) in [7, 11) is -2.49. The molecule has 3 rings (SSSR count).